The van der Waals surface area contributed by atoms with Crippen molar-refractivity contribution < 1.29 is 4.74 Å². The Hall–Kier alpha value is -1.81. The first kappa shape index (κ1) is 12.6. The average Bonchev–Trinajstić information content (AvgIpc) is 2.86. The molecule has 2 aromatic rings. The van der Waals surface area contributed by atoms with Crippen molar-refractivity contribution in [3.05, 3.63) is 47.8 Å². The first-order valence-electron chi connectivity index (χ1n) is 6.25. The highest BCUT2D eigenvalue weighted by Gasteiger charge is 2.03. The van der Waals surface area contributed by atoms with Crippen LogP contribution in [0.5, 0.6) is 5.75 Å². The molecule has 1 aromatic carbocycles. The van der Waals surface area contributed by atoms with Gasteiger partial charge in [0.1, 0.15) is 12.4 Å². The van der Waals surface area contributed by atoms with Gasteiger partial charge in [0, 0.05) is 18.3 Å². The van der Waals surface area contributed by atoms with Gasteiger partial charge in [0.25, 0.3) is 0 Å². The van der Waals surface area contributed by atoms with E-state index < -0.39 is 0 Å². The monoisotopic (exact) mass is 245 g/mol. The number of aromatic nitrogens is 2. The normalized spacial score (nSPS) is 10.6. The molecule has 1 aromatic heterocycles. The Bertz CT molecular complexity index is 493. The number of benzene rings is 1. The van der Waals surface area contributed by atoms with Crippen LogP contribution in [0, 0.1) is 0 Å². The Balaban J connectivity index is 2.01. The quantitative estimate of drug-likeness (QED) is 0.846. The number of hydrogen-bond donors (Lipinski definition) is 1. The summed E-state index contributed by atoms with van der Waals surface area (Å²) in [4.78, 5) is 0. The molecule has 0 aliphatic heterocycles. The third kappa shape index (κ3) is 3.11. The van der Waals surface area contributed by atoms with Crippen molar-refractivity contribution in [3.63, 3.8) is 0 Å². The molecule has 96 valence electrons. The summed E-state index contributed by atoms with van der Waals surface area (Å²) in [7, 11) is 0. The fourth-order valence-electron chi connectivity index (χ4n) is 1.82. The van der Waals surface area contributed by atoms with Gasteiger partial charge >= 0.3 is 0 Å². The van der Waals surface area contributed by atoms with Crippen LogP contribution < -0.4 is 10.5 Å². The van der Waals surface area contributed by atoms with E-state index in [0.29, 0.717) is 13.2 Å². The number of rotatable bonds is 6. The third-order valence-corrected chi connectivity index (χ3v) is 2.79. The fraction of sp³-hybridized carbons (Fsp3) is 0.357. The summed E-state index contributed by atoms with van der Waals surface area (Å²) in [6, 6.07) is 8.02. The van der Waals surface area contributed by atoms with Crippen molar-refractivity contribution in [2.45, 2.75) is 26.5 Å². The number of hydrogen-bond acceptors (Lipinski definition) is 3. The summed E-state index contributed by atoms with van der Waals surface area (Å²) < 4.78 is 7.72. The van der Waals surface area contributed by atoms with Crippen molar-refractivity contribution >= 4 is 0 Å². The lowest BCUT2D eigenvalue weighted by atomic mass is 10.1. The summed E-state index contributed by atoms with van der Waals surface area (Å²) in [5, 5.41) is 4.22. The average molecular weight is 245 g/mol. The van der Waals surface area contributed by atoms with Gasteiger partial charge in [-0.05, 0) is 31.5 Å². The number of ether oxygens (including phenoxy) is 1. The van der Waals surface area contributed by atoms with Crippen molar-refractivity contribution in [2.24, 2.45) is 5.73 Å². The molecule has 0 amide bonds. The molecule has 2 N–H and O–H groups in total. The minimum atomic E-state index is 0.543. The molecule has 0 atom stereocenters. The largest absolute Gasteiger partial charge is 0.489 e. The van der Waals surface area contributed by atoms with E-state index in [9.17, 15) is 0 Å². The maximum absolute atomic E-state index is 5.82. The minimum absolute atomic E-state index is 0.543. The molecule has 0 radical (unpaired) electrons. The predicted octanol–water partition coefficient (Wildman–Crippen LogP) is 1.98. The minimum Gasteiger partial charge on any atom is -0.489 e. The van der Waals surface area contributed by atoms with E-state index in [1.807, 2.05) is 35.3 Å². The summed E-state index contributed by atoms with van der Waals surface area (Å²) in [6.07, 6.45) is 4.69. The molecule has 0 unspecified atom stereocenters. The lowest BCUT2D eigenvalue weighted by Gasteiger charge is -2.09. The zero-order valence-electron chi connectivity index (χ0n) is 10.7. The van der Waals surface area contributed by atoms with Crippen LogP contribution in [0.15, 0.2) is 36.7 Å². The second-order valence-electron chi connectivity index (χ2n) is 4.14. The van der Waals surface area contributed by atoms with Crippen LogP contribution >= 0.6 is 0 Å². The molecular weight excluding hydrogens is 226 g/mol. The van der Waals surface area contributed by atoms with Gasteiger partial charge in [-0.3, -0.25) is 4.68 Å². The molecule has 0 aliphatic carbocycles. The molecule has 18 heavy (non-hydrogen) atoms. The zero-order chi connectivity index (χ0) is 12.8. The maximum Gasteiger partial charge on any atom is 0.123 e. The number of nitrogens with zero attached hydrogens (tertiary/aromatic N) is 2. The van der Waals surface area contributed by atoms with Crippen molar-refractivity contribution in [1.29, 1.82) is 0 Å². The van der Waals surface area contributed by atoms with Gasteiger partial charge in [-0.15, -0.1) is 0 Å². The van der Waals surface area contributed by atoms with Gasteiger partial charge < -0.3 is 10.5 Å². The van der Waals surface area contributed by atoms with E-state index in [0.717, 1.165) is 29.8 Å². The summed E-state index contributed by atoms with van der Waals surface area (Å²) in [5.74, 6) is 0.909. The lowest BCUT2D eigenvalue weighted by molar-refractivity contribution is 0.303. The van der Waals surface area contributed by atoms with Gasteiger partial charge in [0.15, 0.2) is 0 Å². The van der Waals surface area contributed by atoms with E-state index in [-0.39, 0.29) is 0 Å². The van der Waals surface area contributed by atoms with Crippen molar-refractivity contribution in [3.8, 4) is 5.75 Å². The van der Waals surface area contributed by atoms with Gasteiger partial charge in [0.05, 0.1) is 6.20 Å². The predicted molar refractivity (Wildman–Crippen MR) is 71.4 cm³/mol. The van der Waals surface area contributed by atoms with Crippen LogP contribution in [0.25, 0.3) is 0 Å². The maximum atomic E-state index is 5.82. The van der Waals surface area contributed by atoms with Gasteiger partial charge in [-0.2, -0.15) is 5.10 Å². The van der Waals surface area contributed by atoms with Crippen LogP contribution in [-0.2, 0) is 19.6 Å². The molecule has 2 rings (SSSR count). The highest BCUT2D eigenvalue weighted by molar-refractivity contribution is 5.33. The second kappa shape index (κ2) is 6.21. The Morgan fingerprint density at radius 3 is 2.89 bits per heavy atom. The highest BCUT2D eigenvalue weighted by Crippen LogP contribution is 2.19. The molecule has 0 aliphatic rings. The summed E-state index contributed by atoms with van der Waals surface area (Å²) >= 11 is 0. The highest BCUT2D eigenvalue weighted by atomic mass is 16.5. The Labute approximate surface area is 107 Å². The Morgan fingerprint density at radius 1 is 1.33 bits per heavy atom. The molecule has 4 nitrogen and oxygen atoms in total. The van der Waals surface area contributed by atoms with Crippen LogP contribution in [0.3, 0.4) is 0 Å². The Morgan fingerprint density at radius 2 is 2.17 bits per heavy atom. The SMILES string of the molecule is CCn1cc(COc2ccccc2CCN)cn1. The van der Waals surface area contributed by atoms with E-state index in [4.69, 9.17) is 10.5 Å². The number of nitrogens with two attached hydrogens (primary N) is 1. The molecule has 0 fully saturated rings. The second-order valence-corrected chi connectivity index (χ2v) is 4.14. The third-order valence-electron chi connectivity index (χ3n) is 2.79. The van der Waals surface area contributed by atoms with Gasteiger partial charge in [-0.25, -0.2) is 0 Å². The standard InChI is InChI=1S/C14H19N3O/c1-2-17-10-12(9-16-17)11-18-14-6-4-3-5-13(14)7-8-15/h3-6,9-10H,2,7-8,11,15H2,1H3. The van der Waals surface area contributed by atoms with E-state index in [1.165, 1.54) is 0 Å². The van der Waals surface area contributed by atoms with Crippen LogP contribution in [-0.4, -0.2) is 16.3 Å². The van der Waals surface area contributed by atoms with Gasteiger partial charge in [0.2, 0.25) is 0 Å². The first-order chi connectivity index (χ1) is 8.83. The van der Waals surface area contributed by atoms with Crippen molar-refractivity contribution in [1.82, 2.24) is 9.78 Å². The first-order valence-corrected chi connectivity index (χ1v) is 6.25. The lowest BCUT2D eigenvalue weighted by Crippen LogP contribution is -2.05. The molecule has 0 bridgehead atoms. The number of aryl methyl sites for hydroxylation is 1. The summed E-state index contributed by atoms with van der Waals surface area (Å²) in [5.41, 5.74) is 7.83. The molecular formula is C14H19N3O. The molecule has 0 saturated heterocycles. The van der Waals surface area contributed by atoms with E-state index in [2.05, 4.69) is 18.1 Å². The molecule has 0 saturated carbocycles. The smallest absolute Gasteiger partial charge is 0.123 e. The topological polar surface area (TPSA) is 53.1 Å². The van der Waals surface area contributed by atoms with Crippen LogP contribution in [0.2, 0.25) is 0 Å². The molecule has 4 heteroatoms. The zero-order valence-corrected chi connectivity index (χ0v) is 10.7. The van der Waals surface area contributed by atoms with E-state index in [1.54, 1.807) is 0 Å². The van der Waals surface area contributed by atoms with Crippen molar-refractivity contribution in [2.75, 3.05) is 6.54 Å². The molecule has 1 heterocycles. The number of para-hydroxylation sites is 1. The molecule has 0 spiro atoms. The fourth-order valence-corrected chi connectivity index (χ4v) is 1.82. The summed E-state index contributed by atoms with van der Waals surface area (Å²) in [6.45, 7) is 4.12. The van der Waals surface area contributed by atoms with Crippen LogP contribution in [0.1, 0.15) is 18.1 Å². The van der Waals surface area contributed by atoms with Crippen LogP contribution in [0.4, 0.5) is 0 Å². The van der Waals surface area contributed by atoms with Gasteiger partial charge in [-0.1, -0.05) is 18.2 Å². The Kier molecular flexibility index (Phi) is 4.36. The van der Waals surface area contributed by atoms with E-state index >= 15 is 0 Å².